The summed E-state index contributed by atoms with van der Waals surface area (Å²) >= 11 is 0. The number of hydrogen-bond donors (Lipinski definition) is 1. The predicted octanol–water partition coefficient (Wildman–Crippen LogP) is 0.449. The fourth-order valence-electron chi connectivity index (χ4n) is 1.56. The lowest BCUT2D eigenvalue weighted by Crippen LogP contribution is -2.36. The normalized spacial score (nSPS) is 16.7. The van der Waals surface area contributed by atoms with Crippen molar-refractivity contribution in [3.63, 3.8) is 0 Å². The highest BCUT2D eigenvalue weighted by Crippen LogP contribution is 2.10. The summed E-state index contributed by atoms with van der Waals surface area (Å²) in [6.07, 6.45) is 3.15. The molecule has 76 valence electrons. The molecule has 0 amide bonds. The second kappa shape index (κ2) is 4.02. The number of hydrogen-bond acceptors (Lipinski definition) is 4. The van der Waals surface area contributed by atoms with Gasteiger partial charge in [0.15, 0.2) is 0 Å². The number of nitrogens with zero attached hydrogens (tertiary/aromatic N) is 3. The van der Waals surface area contributed by atoms with Crippen LogP contribution in [-0.4, -0.2) is 28.0 Å². The maximum atomic E-state index is 5.55. The molecule has 0 saturated carbocycles. The van der Waals surface area contributed by atoms with Gasteiger partial charge in [-0.3, -0.25) is 4.90 Å². The highest BCUT2D eigenvalue weighted by Gasteiger charge is 2.15. The third-order valence-corrected chi connectivity index (χ3v) is 2.66. The highest BCUT2D eigenvalue weighted by atomic mass is 15.2. The van der Waals surface area contributed by atoms with Crippen molar-refractivity contribution in [3.8, 4) is 0 Å². The maximum Gasteiger partial charge on any atom is 0.142 e. The van der Waals surface area contributed by atoms with Crippen LogP contribution in [0.5, 0.6) is 0 Å². The molecule has 0 unspecified atom stereocenters. The molecule has 1 saturated heterocycles. The Morgan fingerprint density at radius 1 is 1.50 bits per heavy atom. The summed E-state index contributed by atoms with van der Waals surface area (Å²) in [5.74, 6) is 0.916. The van der Waals surface area contributed by atoms with E-state index in [1.807, 2.05) is 13.1 Å². The summed E-state index contributed by atoms with van der Waals surface area (Å²) in [7, 11) is 0. The van der Waals surface area contributed by atoms with Crippen molar-refractivity contribution >= 4 is 0 Å². The van der Waals surface area contributed by atoms with Crippen molar-refractivity contribution < 1.29 is 0 Å². The average molecular weight is 192 g/mol. The summed E-state index contributed by atoms with van der Waals surface area (Å²) in [6, 6.07) is 0. The first-order chi connectivity index (χ1) is 6.79. The zero-order chi connectivity index (χ0) is 9.97. The van der Waals surface area contributed by atoms with Crippen molar-refractivity contribution in [1.82, 2.24) is 14.9 Å². The van der Waals surface area contributed by atoms with Gasteiger partial charge in [-0.2, -0.15) is 0 Å². The smallest absolute Gasteiger partial charge is 0.142 e. The summed E-state index contributed by atoms with van der Waals surface area (Å²) < 4.78 is 0. The minimum absolute atomic E-state index is 0.524. The van der Waals surface area contributed by atoms with Crippen LogP contribution in [0.25, 0.3) is 0 Å². The van der Waals surface area contributed by atoms with E-state index in [1.165, 1.54) is 19.5 Å². The summed E-state index contributed by atoms with van der Waals surface area (Å²) in [5.41, 5.74) is 7.60. The average Bonchev–Trinajstić information content (AvgIpc) is 2.12. The van der Waals surface area contributed by atoms with Gasteiger partial charge in [0.25, 0.3) is 0 Å². The van der Waals surface area contributed by atoms with Crippen molar-refractivity contribution in [2.24, 2.45) is 5.73 Å². The van der Waals surface area contributed by atoms with E-state index in [9.17, 15) is 0 Å². The van der Waals surface area contributed by atoms with Crippen LogP contribution in [-0.2, 0) is 13.1 Å². The molecule has 1 aromatic heterocycles. The molecule has 0 aliphatic carbocycles. The van der Waals surface area contributed by atoms with Gasteiger partial charge >= 0.3 is 0 Å². The molecule has 0 bridgehead atoms. The Morgan fingerprint density at radius 2 is 2.29 bits per heavy atom. The van der Waals surface area contributed by atoms with E-state index in [2.05, 4.69) is 14.9 Å². The lowest BCUT2D eigenvalue weighted by molar-refractivity contribution is 0.168. The number of likely N-dealkylation sites (tertiary alicyclic amines) is 1. The maximum absolute atomic E-state index is 5.55. The standard InChI is InChI=1S/C10H16N4/c1-8-9(5-11)6-12-10(13-8)7-14-3-2-4-14/h6H,2-5,7,11H2,1H3. The molecule has 2 N–H and O–H groups in total. The van der Waals surface area contributed by atoms with Crippen LogP contribution in [0.15, 0.2) is 6.20 Å². The Labute approximate surface area is 84.2 Å². The molecule has 1 fully saturated rings. The van der Waals surface area contributed by atoms with Crippen LogP contribution in [0.2, 0.25) is 0 Å². The van der Waals surface area contributed by atoms with Gasteiger partial charge in [0.1, 0.15) is 5.82 Å². The molecule has 0 spiro atoms. The predicted molar refractivity (Wildman–Crippen MR) is 54.6 cm³/mol. The lowest BCUT2D eigenvalue weighted by atomic mass is 10.2. The van der Waals surface area contributed by atoms with Crippen LogP contribution >= 0.6 is 0 Å². The van der Waals surface area contributed by atoms with Crippen molar-refractivity contribution in [1.29, 1.82) is 0 Å². The van der Waals surface area contributed by atoms with Crippen LogP contribution in [0, 0.1) is 6.92 Å². The van der Waals surface area contributed by atoms with E-state index < -0.39 is 0 Å². The molecule has 1 aliphatic heterocycles. The second-order valence-corrected chi connectivity index (χ2v) is 3.73. The van der Waals surface area contributed by atoms with E-state index in [1.54, 1.807) is 0 Å². The van der Waals surface area contributed by atoms with E-state index in [0.717, 1.165) is 23.6 Å². The molecule has 4 heteroatoms. The Kier molecular flexibility index (Phi) is 2.74. The molecule has 1 aromatic rings. The summed E-state index contributed by atoms with van der Waals surface area (Å²) in [5, 5.41) is 0. The fourth-order valence-corrected chi connectivity index (χ4v) is 1.56. The molecular weight excluding hydrogens is 176 g/mol. The van der Waals surface area contributed by atoms with Gasteiger partial charge in [-0.05, 0) is 26.4 Å². The largest absolute Gasteiger partial charge is 0.326 e. The van der Waals surface area contributed by atoms with Crippen LogP contribution in [0.4, 0.5) is 0 Å². The van der Waals surface area contributed by atoms with Crippen molar-refractivity contribution in [2.75, 3.05) is 13.1 Å². The van der Waals surface area contributed by atoms with Gasteiger partial charge < -0.3 is 5.73 Å². The monoisotopic (exact) mass is 192 g/mol. The Bertz CT molecular complexity index is 320. The first-order valence-corrected chi connectivity index (χ1v) is 5.03. The molecular formula is C10H16N4. The Morgan fingerprint density at radius 3 is 2.79 bits per heavy atom. The molecule has 0 radical (unpaired) electrons. The molecule has 1 aliphatic rings. The molecule has 2 rings (SSSR count). The first-order valence-electron chi connectivity index (χ1n) is 5.03. The third-order valence-electron chi connectivity index (χ3n) is 2.66. The minimum atomic E-state index is 0.524. The van der Waals surface area contributed by atoms with E-state index in [-0.39, 0.29) is 0 Å². The van der Waals surface area contributed by atoms with Gasteiger partial charge in [0.2, 0.25) is 0 Å². The molecule has 14 heavy (non-hydrogen) atoms. The van der Waals surface area contributed by atoms with E-state index in [4.69, 9.17) is 5.73 Å². The zero-order valence-electron chi connectivity index (χ0n) is 8.53. The van der Waals surface area contributed by atoms with Gasteiger partial charge in [0.05, 0.1) is 6.54 Å². The van der Waals surface area contributed by atoms with Crippen molar-refractivity contribution in [2.45, 2.75) is 26.4 Å². The van der Waals surface area contributed by atoms with E-state index in [0.29, 0.717) is 6.54 Å². The number of rotatable bonds is 3. The third kappa shape index (κ3) is 1.91. The topological polar surface area (TPSA) is 55.0 Å². The summed E-state index contributed by atoms with van der Waals surface area (Å²) in [4.78, 5) is 11.1. The Balaban J connectivity index is 2.07. The van der Waals surface area contributed by atoms with Crippen molar-refractivity contribution in [3.05, 3.63) is 23.3 Å². The lowest BCUT2D eigenvalue weighted by Gasteiger charge is -2.29. The number of aromatic nitrogens is 2. The molecule has 4 nitrogen and oxygen atoms in total. The quantitative estimate of drug-likeness (QED) is 0.755. The fraction of sp³-hybridized carbons (Fsp3) is 0.600. The van der Waals surface area contributed by atoms with E-state index >= 15 is 0 Å². The number of nitrogens with two attached hydrogens (primary N) is 1. The molecule has 2 heterocycles. The highest BCUT2D eigenvalue weighted by molar-refractivity contribution is 5.15. The zero-order valence-corrected chi connectivity index (χ0v) is 8.53. The number of aryl methyl sites for hydroxylation is 1. The Hall–Kier alpha value is -1.00. The first kappa shape index (κ1) is 9.55. The summed E-state index contributed by atoms with van der Waals surface area (Å²) in [6.45, 7) is 5.76. The molecule has 0 atom stereocenters. The van der Waals surface area contributed by atoms with Crippen LogP contribution < -0.4 is 5.73 Å². The second-order valence-electron chi connectivity index (χ2n) is 3.73. The minimum Gasteiger partial charge on any atom is -0.326 e. The van der Waals surface area contributed by atoms with Gasteiger partial charge in [-0.1, -0.05) is 0 Å². The van der Waals surface area contributed by atoms with Gasteiger partial charge in [-0.15, -0.1) is 0 Å². The van der Waals surface area contributed by atoms with Gasteiger partial charge in [0, 0.05) is 24.0 Å². The van der Waals surface area contributed by atoms with Crippen LogP contribution in [0.3, 0.4) is 0 Å². The molecule has 0 aromatic carbocycles. The van der Waals surface area contributed by atoms with Gasteiger partial charge in [-0.25, -0.2) is 9.97 Å². The van der Waals surface area contributed by atoms with Crippen LogP contribution in [0.1, 0.15) is 23.5 Å². The SMILES string of the molecule is Cc1nc(CN2CCC2)ncc1CN.